The molecule has 0 fully saturated rings. The Labute approximate surface area is 283 Å². The van der Waals surface area contributed by atoms with E-state index < -0.39 is 0 Å². The lowest BCUT2D eigenvalue weighted by Gasteiger charge is -2.24. The first kappa shape index (κ1) is 30.9. The van der Waals surface area contributed by atoms with E-state index in [4.69, 9.17) is 9.72 Å². The van der Waals surface area contributed by atoms with E-state index in [0.717, 1.165) is 34.1 Å². The molecule has 4 nitrogen and oxygen atoms in total. The van der Waals surface area contributed by atoms with Crippen molar-refractivity contribution in [2.45, 2.75) is 39.5 Å². The lowest BCUT2D eigenvalue weighted by molar-refractivity contribution is 0.483. The maximum absolute atomic E-state index is 6.39. The number of benzene rings is 5. The van der Waals surface area contributed by atoms with Crippen LogP contribution in [0.25, 0.3) is 50.6 Å². The van der Waals surface area contributed by atoms with Gasteiger partial charge < -0.3 is 4.74 Å². The Morgan fingerprint density at radius 1 is 0.479 bits per heavy atom. The number of hydrogen-bond donors (Lipinski definition) is 0. The number of hydrogen-bond acceptors (Lipinski definition) is 3. The predicted molar refractivity (Wildman–Crippen MR) is 198 cm³/mol. The van der Waals surface area contributed by atoms with E-state index in [1.165, 1.54) is 39.1 Å². The smallest absolute Gasteiger partial charge is 0.144 e. The van der Waals surface area contributed by atoms with Crippen LogP contribution in [0.5, 0.6) is 11.5 Å². The average Bonchev–Trinajstić information content (AvgIpc) is 3.62. The van der Waals surface area contributed by atoms with E-state index >= 15 is 0 Å². The number of nitrogens with zero attached hydrogens (tertiary/aromatic N) is 3. The average molecular weight is 626 g/mol. The maximum Gasteiger partial charge on any atom is 0.144 e. The zero-order chi connectivity index (χ0) is 33.0. The van der Waals surface area contributed by atoms with Gasteiger partial charge in [0.05, 0.1) is 11.4 Å². The van der Waals surface area contributed by atoms with E-state index in [1.807, 2.05) is 60.8 Å². The Hall–Kier alpha value is -5.74. The second-order valence-corrected chi connectivity index (χ2v) is 12.7. The fraction of sp³-hybridized carbons (Fsp3) is 0.136. The highest BCUT2D eigenvalue weighted by molar-refractivity contribution is 5.74. The predicted octanol–water partition coefficient (Wildman–Crippen LogP) is 12.0. The third-order valence-corrected chi connectivity index (χ3v) is 8.74. The molecular weight excluding hydrogens is 587 g/mol. The summed E-state index contributed by atoms with van der Waals surface area (Å²) in [5, 5.41) is 0. The van der Waals surface area contributed by atoms with Crippen LogP contribution in [0.4, 0.5) is 0 Å². The second kappa shape index (κ2) is 13.5. The van der Waals surface area contributed by atoms with Gasteiger partial charge in [0, 0.05) is 29.7 Å². The minimum absolute atomic E-state index is 0.303. The summed E-state index contributed by atoms with van der Waals surface area (Å²) >= 11 is 0. The molecule has 7 aromatic rings. The van der Waals surface area contributed by atoms with Crippen LogP contribution in [0.3, 0.4) is 0 Å². The van der Waals surface area contributed by atoms with Gasteiger partial charge >= 0.3 is 0 Å². The molecule has 0 spiro atoms. The summed E-state index contributed by atoms with van der Waals surface area (Å²) in [7, 11) is 0. The van der Waals surface area contributed by atoms with E-state index in [1.54, 1.807) is 6.20 Å². The molecule has 236 valence electrons. The highest BCUT2D eigenvalue weighted by Gasteiger charge is 2.21. The van der Waals surface area contributed by atoms with Gasteiger partial charge in [-0.15, -0.1) is 0 Å². The Kier molecular flexibility index (Phi) is 8.72. The maximum atomic E-state index is 6.39. The molecule has 2 heterocycles. The van der Waals surface area contributed by atoms with Crippen molar-refractivity contribution in [2.24, 2.45) is 0 Å². The normalized spacial score (nSPS) is 11.3. The van der Waals surface area contributed by atoms with E-state index in [-0.39, 0.29) is 0 Å². The molecule has 0 aliphatic rings. The van der Waals surface area contributed by atoms with Gasteiger partial charge in [0.25, 0.3) is 0 Å². The molecule has 0 saturated heterocycles. The molecule has 7 rings (SSSR count). The fourth-order valence-electron chi connectivity index (χ4n) is 6.28. The molecule has 48 heavy (non-hydrogen) atoms. The molecule has 0 unspecified atom stereocenters. The van der Waals surface area contributed by atoms with Gasteiger partial charge in [0.1, 0.15) is 17.3 Å². The van der Waals surface area contributed by atoms with Crippen molar-refractivity contribution < 1.29 is 4.74 Å². The minimum atomic E-state index is 0.303. The van der Waals surface area contributed by atoms with Crippen molar-refractivity contribution in [1.29, 1.82) is 0 Å². The summed E-state index contributed by atoms with van der Waals surface area (Å²) in [4.78, 5) is 9.38. The van der Waals surface area contributed by atoms with Crippen molar-refractivity contribution in [1.82, 2.24) is 14.5 Å². The first-order valence-electron chi connectivity index (χ1n) is 16.6. The Balaban J connectivity index is 1.24. The van der Waals surface area contributed by atoms with Crippen molar-refractivity contribution in [3.63, 3.8) is 0 Å². The van der Waals surface area contributed by atoms with Crippen LogP contribution in [-0.4, -0.2) is 14.5 Å². The monoisotopic (exact) mass is 625 g/mol. The quantitative estimate of drug-likeness (QED) is 0.160. The van der Waals surface area contributed by atoms with Crippen molar-refractivity contribution in [2.75, 3.05) is 0 Å². The van der Waals surface area contributed by atoms with Crippen LogP contribution in [-0.2, 0) is 0 Å². The number of ether oxygens (including phenoxy) is 1. The van der Waals surface area contributed by atoms with Gasteiger partial charge in [-0.3, -0.25) is 9.55 Å². The van der Waals surface area contributed by atoms with Crippen LogP contribution in [0.2, 0.25) is 0 Å². The lowest BCUT2D eigenvalue weighted by Crippen LogP contribution is -2.08. The zero-order valence-corrected chi connectivity index (χ0v) is 27.8. The zero-order valence-electron chi connectivity index (χ0n) is 27.8. The fourth-order valence-corrected chi connectivity index (χ4v) is 6.28. The molecule has 0 saturated carbocycles. The molecule has 0 amide bonds. The molecule has 0 aliphatic heterocycles. The first-order valence-corrected chi connectivity index (χ1v) is 16.6. The SMILES string of the molecule is CC(C)c1cc(-c2ccc(-c3ccccc3)cc2)cc(C(C)C)c1-n1ccnc1-c1cccc(Oc2cccc(-c3ccccn3)c2)c1. The van der Waals surface area contributed by atoms with Crippen LogP contribution in [0.15, 0.2) is 152 Å². The van der Waals surface area contributed by atoms with Crippen LogP contribution >= 0.6 is 0 Å². The van der Waals surface area contributed by atoms with Crippen molar-refractivity contribution in [3.05, 3.63) is 163 Å². The summed E-state index contributed by atoms with van der Waals surface area (Å²) < 4.78 is 8.64. The van der Waals surface area contributed by atoms with Gasteiger partial charge in [-0.2, -0.15) is 0 Å². The van der Waals surface area contributed by atoms with Gasteiger partial charge in [0.2, 0.25) is 0 Å². The largest absolute Gasteiger partial charge is 0.457 e. The standard InChI is InChI=1S/C44H39N3O/c1-30(2)40-28-37(34-21-19-33(20-22-34)32-12-6-5-7-13-32)29-41(31(3)4)43(40)47-25-24-46-44(47)36-15-11-17-39(27-36)48-38-16-10-14-35(26-38)42-18-8-9-23-45-42/h5-31H,1-4H3. The summed E-state index contributed by atoms with van der Waals surface area (Å²) in [5.74, 6) is 3.00. The van der Waals surface area contributed by atoms with Crippen LogP contribution in [0.1, 0.15) is 50.7 Å². The molecule has 4 heteroatoms. The molecular formula is C44H39N3O. The highest BCUT2D eigenvalue weighted by atomic mass is 16.5. The first-order chi connectivity index (χ1) is 23.4. The summed E-state index contributed by atoms with van der Waals surface area (Å²) in [6.45, 7) is 9.09. The van der Waals surface area contributed by atoms with Gasteiger partial charge in [-0.1, -0.05) is 113 Å². The van der Waals surface area contributed by atoms with E-state index in [9.17, 15) is 0 Å². The van der Waals surface area contributed by atoms with Crippen LogP contribution < -0.4 is 4.74 Å². The third-order valence-electron chi connectivity index (χ3n) is 8.74. The van der Waals surface area contributed by atoms with Gasteiger partial charge in [0.15, 0.2) is 0 Å². The summed E-state index contributed by atoms with van der Waals surface area (Å²) in [5.41, 5.74) is 11.6. The molecule has 0 atom stereocenters. The van der Waals surface area contributed by atoms with Gasteiger partial charge in [-0.05, 0) is 93.7 Å². The molecule has 0 aliphatic carbocycles. The Morgan fingerprint density at radius 3 is 1.67 bits per heavy atom. The van der Waals surface area contributed by atoms with E-state index in [2.05, 4.69) is 122 Å². The van der Waals surface area contributed by atoms with E-state index in [0.29, 0.717) is 11.8 Å². The molecule has 0 N–H and O–H groups in total. The molecule has 0 bridgehead atoms. The number of rotatable bonds is 9. The topological polar surface area (TPSA) is 39.9 Å². The van der Waals surface area contributed by atoms with Crippen molar-refractivity contribution >= 4 is 0 Å². The lowest BCUT2D eigenvalue weighted by atomic mass is 9.88. The minimum Gasteiger partial charge on any atom is -0.457 e. The Morgan fingerprint density at radius 2 is 1.04 bits per heavy atom. The number of imidazole rings is 1. The summed E-state index contributed by atoms with van der Waals surface area (Å²) in [6, 6.07) is 46.3. The van der Waals surface area contributed by atoms with Gasteiger partial charge in [-0.25, -0.2) is 4.98 Å². The number of aromatic nitrogens is 3. The molecule has 0 radical (unpaired) electrons. The van der Waals surface area contributed by atoms with Crippen LogP contribution in [0, 0.1) is 0 Å². The summed E-state index contributed by atoms with van der Waals surface area (Å²) in [6.07, 6.45) is 5.78. The van der Waals surface area contributed by atoms with Crippen molar-refractivity contribution in [3.8, 4) is 62.1 Å². The Bertz CT molecular complexity index is 2120. The second-order valence-electron chi connectivity index (χ2n) is 12.7. The molecule has 2 aromatic heterocycles. The molecule has 5 aromatic carbocycles. The third kappa shape index (κ3) is 6.43. The number of pyridine rings is 1. The highest BCUT2D eigenvalue weighted by Crippen LogP contribution is 2.39.